The lowest BCUT2D eigenvalue weighted by atomic mass is 10.3. The molecule has 0 amide bonds. The molecule has 0 radical (unpaired) electrons. The van der Waals surface area contributed by atoms with Crippen molar-refractivity contribution in [1.29, 1.82) is 0 Å². The van der Waals surface area contributed by atoms with Crippen LogP contribution in [0.15, 0.2) is 10.3 Å². The van der Waals surface area contributed by atoms with E-state index in [9.17, 15) is 8.42 Å². The topological polar surface area (TPSA) is 49.4 Å². The number of sulfonamides is 1. The largest absolute Gasteiger partial charge is 0.312 e. The van der Waals surface area contributed by atoms with Crippen molar-refractivity contribution in [1.82, 2.24) is 9.62 Å². The molecule has 1 heterocycles. The lowest BCUT2D eigenvalue weighted by molar-refractivity contribution is 0.466. The summed E-state index contributed by atoms with van der Waals surface area (Å²) in [7, 11) is -1.59. The third-order valence-electron chi connectivity index (χ3n) is 3.23. The molecule has 0 saturated heterocycles. The standard InChI is InChI=1S/C12H20N2O2S2/c1-4-13-8-11-9(2)7-12(17-11)18(15,16)14(3)10-5-6-10/h7,10,13H,4-6,8H2,1-3H3. The van der Waals surface area contributed by atoms with E-state index >= 15 is 0 Å². The molecule has 102 valence electrons. The van der Waals surface area contributed by atoms with E-state index in [4.69, 9.17) is 0 Å². The van der Waals surface area contributed by atoms with E-state index in [1.165, 1.54) is 15.6 Å². The minimum Gasteiger partial charge on any atom is -0.312 e. The summed E-state index contributed by atoms with van der Waals surface area (Å²) in [4.78, 5) is 1.11. The Morgan fingerprint density at radius 1 is 1.50 bits per heavy atom. The molecule has 1 aromatic heterocycles. The summed E-state index contributed by atoms with van der Waals surface area (Å²) in [5, 5.41) is 3.24. The van der Waals surface area contributed by atoms with Gasteiger partial charge in [-0.2, -0.15) is 4.31 Å². The third-order valence-corrected chi connectivity index (χ3v) is 6.82. The molecule has 0 atom stereocenters. The van der Waals surface area contributed by atoms with Crippen molar-refractivity contribution < 1.29 is 8.42 Å². The second kappa shape index (κ2) is 5.28. The molecule has 1 fully saturated rings. The van der Waals surface area contributed by atoms with E-state index in [2.05, 4.69) is 5.32 Å². The molecule has 0 aromatic carbocycles. The molecule has 1 N–H and O–H groups in total. The summed E-state index contributed by atoms with van der Waals surface area (Å²) in [6.45, 7) is 5.65. The summed E-state index contributed by atoms with van der Waals surface area (Å²) >= 11 is 1.39. The van der Waals surface area contributed by atoms with Gasteiger partial charge in [0, 0.05) is 24.5 Å². The average Bonchev–Trinajstić information content (AvgIpc) is 3.10. The molecule has 0 bridgehead atoms. The summed E-state index contributed by atoms with van der Waals surface area (Å²) < 4.78 is 26.7. The SMILES string of the molecule is CCNCc1sc(S(=O)(=O)N(C)C2CC2)cc1C. The first-order valence-corrected chi connectivity index (χ1v) is 8.50. The maximum Gasteiger partial charge on any atom is 0.252 e. The van der Waals surface area contributed by atoms with Gasteiger partial charge in [0.05, 0.1) is 0 Å². The third kappa shape index (κ3) is 2.77. The Hall–Kier alpha value is -0.430. The predicted octanol–water partition coefficient (Wildman–Crippen LogP) is 1.95. The van der Waals surface area contributed by atoms with Crippen LogP contribution < -0.4 is 5.32 Å². The fourth-order valence-corrected chi connectivity index (χ4v) is 4.97. The van der Waals surface area contributed by atoms with Crippen LogP contribution in [0.2, 0.25) is 0 Å². The molecule has 0 unspecified atom stereocenters. The molecule has 1 aliphatic carbocycles. The van der Waals surface area contributed by atoms with Gasteiger partial charge in [-0.25, -0.2) is 8.42 Å². The average molecular weight is 288 g/mol. The Morgan fingerprint density at radius 3 is 2.72 bits per heavy atom. The van der Waals surface area contributed by atoms with Crippen LogP contribution in [0.4, 0.5) is 0 Å². The molecule has 1 aromatic rings. The lowest BCUT2D eigenvalue weighted by Gasteiger charge is -2.14. The number of hydrogen-bond acceptors (Lipinski definition) is 4. The summed E-state index contributed by atoms with van der Waals surface area (Å²) in [5.41, 5.74) is 1.06. The van der Waals surface area contributed by atoms with Gasteiger partial charge in [0.15, 0.2) is 0 Å². The van der Waals surface area contributed by atoms with Crippen molar-refractivity contribution in [3.63, 3.8) is 0 Å². The molecule has 4 nitrogen and oxygen atoms in total. The smallest absolute Gasteiger partial charge is 0.252 e. The number of aryl methyl sites for hydroxylation is 1. The first-order valence-electron chi connectivity index (χ1n) is 6.25. The highest BCUT2D eigenvalue weighted by molar-refractivity contribution is 7.91. The van der Waals surface area contributed by atoms with Gasteiger partial charge >= 0.3 is 0 Å². The molecule has 0 aliphatic heterocycles. The highest BCUT2D eigenvalue weighted by Gasteiger charge is 2.36. The Morgan fingerprint density at radius 2 is 2.17 bits per heavy atom. The maximum atomic E-state index is 12.4. The van der Waals surface area contributed by atoms with E-state index in [0.717, 1.165) is 36.4 Å². The summed E-state index contributed by atoms with van der Waals surface area (Å²) in [5.74, 6) is 0. The highest BCUT2D eigenvalue weighted by Crippen LogP contribution is 2.34. The van der Waals surface area contributed by atoms with Crippen LogP contribution >= 0.6 is 11.3 Å². The van der Waals surface area contributed by atoms with Gasteiger partial charge < -0.3 is 5.32 Å². The number of rotatable bonds is 6. The van der Waals surface area contributed by atoms with Gasteiger partial charge in [-0.1, -0.05) is 6.92 Å². The van der Waals surface area contributed by atoms with Crippen LogP contribution in [0, 0.1) is 6.92 Å². The second-order valence-corrected chi connectivity index (χ2v) is 8.07. The van der Waals surface area contributed by atoms with E-state index in [0.29, 0.717) is 4.21 Å². The number of nitrogens with one attached hydrogen (secondary N) is 1. The van der Waals surface area contributed by atoms with Crippen molar-refractivity contribution in [2.24, 2.45) is 0 Å². The van der Waals surface area contributed by atoms with Crippen molar-refractivity contribution >= 4 is 21.4 Å². The Kier molecular flexibility index (Phi) is 4.11. The van der Waals surface area contributed by atoms with Crippen LogP contribution in [0.25, 0.3) is 0 Å². The molecular formula is C12H20N2O2S2. The summed E-state index contributed by atoms with van der Waals surface area (Å²) in [6.07, 6.45) is 1.98. The molecule has 1 saturated carbocycles. The molecule has 2 rings (SSSR count). The van der Waals surface area contributed by atoms with Gasteiger partial charge in [0.2, 0.25) is 0 Å². The molecule has 18 heavy (non-hydrogen) atoms. The Balaban J connectivity index is 2.22. The molecule has 6 heteroatoms. The van der Waals surface area contributed by atoms with E-state index in [1.807, 2.05) is 13.8 Å². The van der Waals surface area contributed by atoms with Crippen molar-refractivity contribution in [3.05, 3.63) is 16.5 Å². The predicted molar refractivity (Wildman–Crippen MR) is 74.4 cm³/mol. The highest BCUT2D eigenvalue weighted by atomic mass is 32.2. The lowest BCUT2D eigenvalue weighted by Crippen LogP contribution is -2.28. The van der Waals surface area contributed by atoms with Crippen molar-refractivity contribution in [2.75, 3.05) is 13.6 Å². The molecule has 1 aliphatic rings. The second-order valence-electron chi connectivity index (χ2n) is 4.70. The van der Waals surface area contributed by atoms with Crippen molar-refractivity contribution in [3.8, 4) is 0 Å². The molecular weight excluding hydrogens is 268 g/mol. The zero-order valence-electron chi connectivity index (χ0n) is 11.1. The Bertz CT molecular complexity index is 518. The van der Waals surface area contributed by atoms with Crippen LogP contribution in [0.3, 0.4) is 0 Å². The van der Waals surface area contributed by atoms with Crippen molar-refractivity contribution in [2.45, 2.75) is 43.5 Å². The van der Waals surface area contributed by atoms with Crippen LogP contribution in [-0.4, -0.2) is 32.4 Å². The van der Waals surface area contributed by atoms with Gasteiger partial charge in [0.1, 0.15) is 4.21 Å². The minimum absolute atomic E-state index is 0.217. The van der Waals surface area contributed by atoms with Crippen LogP contribution in [-0.2, 0) is 16.6 Å². The van der Waals surface area contributed by atoms with Gasteiger partial charge in [-0.3, -0.25) is 0 Å². The quantitative estimate of drug-likeness (QED) is 0.870. The van der Waals surface area contributed by atoms with E-state index in [1.54, 1.807) is 13.1 Å². The molecule has 0 spiro atoms. The summed E-state index contributed by atoms with van der Waals surface area (Å²) in [6, 6.07) is 2.01. The normalized spacial score (nSPS) is 16.4. The minimum atomic E-state index is -3.28. The van der Waals surface area contributed by atoms with Gasteiger partial charge in [-0.05, 0) is 37.9 Å². The van der Waals surface area contributed by atoms with Gasteiger partial charge in [-0.15, -0.1) is 11.3 Å². The number of hydrogen-bond donors (Lipinski definition) is 1. The van der Waals surface area contributed by atoms with Crippen LogP contribution in [0.5, 0.6) is 0 Å². The first kappa shape index (κ1) is 14.0. The number of nitrogens with zero attached hydrogens (tertiary/aromatic N) is 1. The fraction of sp³-hybridized carbons (Fsp3) is 0.667. The zero-order valence-corrected chi connectivity index (χ0v) is 12.7. The number of thiophene rings is 1. The fourth-order valence-electron chi connectivity index (χ4n) is 1.81. The first-order chi connectivity index (χ1) is 8.46. The Labute approximate surface area is 113 Å². The van der Waals surface area contributed by atoms with E-state index in [-0.39, 0.29) is 6.04 Å². The maximum absolute atomic E-state index is 12.4. The zero-order chi connectivity index (χ0) is 13.3. The monoisotopic (exact) mass is 288 g/mol. The van der Waals surface area contributed by atoms with Gasteiger partial charge in [0.25, 0.3) is 10.0 Å². The van der Waals surface area contributed by atoms with E-state index < -0.39 is 10.0 Å². The van der Waals surface area contributed by atoms with Crippen LogP contribution in [0.1, 0.15) is 30.2 Å².